The van der Waals surface area contributed by atoms with Crippen molar-refractivity contribution in [2.75, 3.05) is 20.2 Å². The lowest BCUT2D eigenvalue weighted by atomic mass is 10.00. The summed E-state index contributed by atoms with van der Waals surface area (Å²) in [5.41, 5.74) is 1.87. The molecule has 0 unspecified atom stereocenters. The molecule has 2 N–H and O–H groups in total. The molecular formula is C18H23Cl2N3O3. The second kappa shape index (κ2) is 9.26. The number of likely N-dealkylation sites (N-methyl/N-ethyl adjacent to an activating group) is 1. The van der Waals surface area contributed by atoms with E-state index in [1.54, 1.807) is 13.0 Å². The number of hydrogen-bond acceptors (Lipinski definition) is 4. The maximum Gasteiger partial charge on any atom is 0.337 e. The summed E-state index contributed by atoms with van der Waals surface area (Å²) in [6, 6.07) is 4.75. The number of ether oxygens (including phenoxy) is 1. The quantitative estimate of drug-likeness (QED) is 0.689. The van der Waals surface area contributed by atoms with Crippen molar-refractivity contribution in [2.45, 2.75) is 32.9 Å². The summed E-state index contributed by atoms with van der Waals surface area (Å²) < 4.78 is 5.17. The molecule has 6 nitrogen and oxygen atoms in total. The number of carbonyl (C=O) groups excluding carboxylic acids is 2. The van der Waals surface area contributed by atoms with Gasteiger partial charge in [0.15, 0.2) is 0 Å². The summed E-state index contributed by atoms with van der Waals surface area (Å²) in [7, 11) is 1.88. The number of urea groups is 1. The van der Waals surface area contributed by atoms with Crippen molar-refractivity contribution in [3.8, 4) is 0 Å². The first-order valence-corrected chi connectivity index (χ1v) is 9.22. The van der Waals surface area contributed by atoms with E-state index in [4.69, 9.17) is 27.9 Å². The van der Waals surface area contributed by atoms with Crippen LogP contribution in [0, 0.1) is 0 Å². The topological polar surface area (TPSA) is 70.7 Å². The van der Waals surface area contributed by atoms with Gasteiger partial charge in [0.05, 0.1) is 28.3 Å². The first kappa shape index (κ1) is 20.6. The Hall–Kier alpha value is -1.76. The van der Waals surface area contributed by atoms with E-state index in [1.807, 2.05) is 31.0 Å². The molecule has 1 aromatic rings. The molecule has 2 amide bonds. The number of nitrogens with one attached hydrogen (secondary N) is 2. The minimum atomic E-state index is -0.420. The van der Waals surface area contributed by atoms with Crippen LogP contribution in [0.15, 0.2) is 29.5 Å². The van der Waals surface area contributed by atoms with E-state index in [1.165, 1.54) is 0 Å². The Kier molecular flexibility index (Phi) is 7.32. The van der Waals surface area contributed by atoms with Crippen LogP contribution in [-0.2, 0) is 16.1 Å². The minimum Gasteiger partial charge on any atom is -0.463 e. The summed E-state index contributed by atoms with van der Waals surface area (Å²) in [4.78, 5) is 26.3. The van der Waals surface area contributed by atoms with Gasteiger partial charge in [-0.25, -0.2) is 9.59 Å². The second-order valence-corrected chi connectivity index (χ2v) is 6.84. The van der Waals surface area contributed by atoms with Crippen LogP contribution in [0.5, 0.6) is 0 Å². The first-order chi connectivity index (χ1) is 12.4. The van der Waals surface area contributed by atoms with Crippen molar-refractivity contribution >= 4 is 35.2 Å². The highest BCUT2D eigenvalue weighted by molar-refractivity contribution is 6.42. The van der Waals surface area contributed by atoms with Crippen molar-refractivity contribution < 1.29 is 14.3 Å². The summed E-state index contributed by atoms with van der Waals surface area (Å²) in [6.07, 6.45) is 0.592. The average molecular weight is 400 g/mol. The molecule has 0 bridgehead atoms. The fourth-order valence-corrected chi connectivity index (χ4v) is 3.25. The number of nitrogens with zero attached hydrogens (tertiary/aromatic N) is 1. The summed E-state index contributed by atoms with van der Waals surface area (Å²) in [5.74, 6) is -0.420. The van der Waals surface area contributed by atoms with E-state index >= 15 is 0 Å². The Bertz CT molecular complexity index is 722. The van der Waals surface area contributed by atoms with Gasteiger partial charge in [-0.1, -0.05) is 42.3 Å². The number of amides is 2. The van der Waals surface area contributed by atoms with Crippen LogP contribution in [0.2, 0.25) is 10.0 Å². The van der Waals surface area contributed by atoms with Crippen molar-refractivity contribution in [2.24, 2.45) is 0 Å². The number of halogens is 2. The largest absolute Gasteiger partial charge is 0.463 e. The maximum atomic E-state index is 12.4. The van der Waals surface area contributed by atoms with Gasteiger partial charge in [-0.2, -0.15) is 0 Å². The van der Waals surface area contributed by atoms with Gasteiger partial charge in [0.2, 0.25) is 0 Å². The molecule has 1 atom stereocenters. The molecule has 0 aromatic heterocycles. The molecule has 1 aromatic carbocycles. The minimum absolute atomic E-state index is 0.272. The van der Waals surface area contributed by atoms with E-state index in [9.17, 15) is 9.59 Å². The van der Waals surface area contributed by atoms with Gasteiger partial charge < -0.3 is 15.4 Å². The average Bonchev–Trinajstić information content (AvgIpc) is 2.58. The molecule has 8 heteroatoms. The van der Waals surface area contributed by atoms with Gasteiger partial charge >= 0.3 is 12.0 Å². The molecule has 26 heavy (non-hydrogen) atoms. The highest BCUT2D eigenvalue weighted by Crippen LogP contribution is 2.26. The van der Waals surface area contributed by atoms with E-state index < -0.39 is 5.97 Å². The predicted octanol–water partition coefficient (Wildman–Crippen LogP) is 3.33. The Balaban J connectivity index is 2.24. The van der Waals surface area contributed by atoms with Crippen LogP contribution < -0.4 is 10.6 Å². The molecule has 0 aliphatic carbocycles. The molecule has 0 radical (unpaired) electrons. The van der Waals surface area contributed by atoms with Crippen LogP contribution in [0.1, 0.15) is 25.8 Å². The van der Waals surface area contributed by atoms with E-state index in [2.05, 4.69) is 10.6 Å². The summed E-state index contributed by atoms with van der Waals surface area (Å²) in [6.45, 7) is 4.80. The third-order valence-electron chi connectivity index (χ3n) is 4.05. The van der Waals surface area contributed by atoms with Crippen molar-refractivity contribution in [3.63, 3.8) is 0 Å². The number of rotatable bonds is 7. The Labute approximate surface area is 163 Å². The molecule has 0 fully saturated rings. The number of carbonyl (C=O) groups is 2. The molecule has 0 saturated carbocycles. The van der Waals surface area contributed by atoms with E-state index in [-0.39, 0.29) is 18.7 Å². The van der Waals surface area contributed by atoms with Gasteiger partial charge in [-0.3, -0.25) is 4.90 Å². The SMILES string of the molecule is CCOC(=O)C1=C(CN(C)Cc2cccc(Cl)c2Cl)NC(=O)N[C@@H]1CC. The zero-order valence-electron chi connectivity index (χ0n) is 15.1. The first-order valence-electron chi connectivity index (χ1n) is 8.46. The predicted molar refractivity (Wildman–Crippen MR) is 102 cm³/mol. The van der Waals surface area contributed by atoms with Crippen molar-refractivity contribution in [1.29, 1.82) is 0 Å². The lowest BCUT2D eigenvalue weighted by Gasteiger charge is -2.30. The van der Waals surface area contributed by atoms with E-state index in [0.717, 1.165) is 5.56 Å². The zero-order chi connectivity index (χ0) is 19.3. The van der Waals surface area contributed by atoms with Crippen LogP contribution >= 0.6 is 23.2 Å². The van der Waals surface area contributed by atoms with Crippen molar-refractivity contribution in [1.82, 2.24) is 15.5 Å². The Morgan fingerprint density at radius 3 is 2.65 bits per heavy atom. The summed E-state index contributed by atoms with van der Waals surface area (Å²) in [5, 5.41) is 6.49. The molecule has 2 rings (SSSR count). The van der Waals surface area contributed by atoms with Crippen LogP contribution in [0.4, 0.5) is 4.79 Å². The van der Waals surface area contributed by atoms with Crippen molar-refractivity contribution in [3.05, 3.63) is 45.1 Å². The maximum absolute atomic E-state index is 12.4. The fraction of sp³-hybridized carbons (Fsp3) is 0.444. The standard InChI is InChI=1S/C18H23Cl2N3O3/c1-4-13-15(17(24)26-5-2)14(22-18(25)21-13)10-23(3)9-11-7-6-8-12(19)16(11)20/h6-8,13H,4-5,9-10H2,1-3H3,(H2,21,22,25)/t13-/m1/s1. The third kappa shape index (κ3) is 4.90. The molecule has 1 aliphatic rings. The number of esters is 1. The molecule has 1 heterocycles. The van der Waals surface area contributed by atoms with Gasteiger partial charge in [0.1, 0.15) is 0 Å². The lowest BCUT2D eigenvalue weighted by molar-refractivity contribution is -0.139. The smallest absolute Gasteiger partial charge is 0.337 e. The normalized spacial score (nSPS) is 17.2. The van der Waals surface area contributed by atoms with Gasteiger partial charge in [0, 0.05) is 18.8 Å². The number of hydrogen-bond donors (Lipinski definition) is 2. The van der Waals surface area contributed by atoms with Gasteiger partial charge in [0.25, 0.3) is 0 Å². The number of benzene rings is 1. The second-order valence-electron chi connectivity index (χ2n) is 6.06. The fourth-order valence-electron chi connectivity index (χ4n) is 2.87. The van der Waals surface area contributed by atoms with Gasteiger partial charge in [-0.15, -0.1) is 0 Å². The molecule has 0 saturated heterocycles. The Morgan fingerprint density at radius 2 is 2.00 bits per heavy atom. The van der Waals surface area contributed by atoms with Crippen LogP contribution in [0.3, 0.4) is 0 Å². The molecule has 1 aliphatic heterocycles. The van der Waals surface area contributed by atoms with Crippen LogP contribution in [-0.4, -0.2) is 43.1 Å². The zero-order valence-corrected chi connectivity index (χ0v) is 16.6. The molecule has 0 spiro atoms. The molecular weight excluding hydrogens is 377 g/mol. The van der Waals surface area contributed by atoms with Crippen LogP contribution in [0.25, 0.3) is 0 Å². The van der Waals surface area contributed by atoms with Gasteiger partial charge in [-0.05, 0) is 32.0 Å². The lowest BCUT2D eigenvalue weighted by Crippen LogP contribution is -2.51. The highest BCUT2D eigenvalue weighted by Gasteiger charge is 2.31. The Morgan fingerprint density at radius 1 is 1.27 bits per heavy atom. The summed E-state index contributed by atoms with van der Waals surface area (Å²) >= 11 is 12.3. The monoisotopic (exact) mass is 399 g/mol. The van der Waals surface area contributed by atoms with E-state index in [0.29, 0.717) is 40.8 Å². The molecule has 142 valence electrons. The highest BCUT2D eigenvalue weighted by atomic mass is 35.5. The third-order valence-corrected chi connectivity index (χ3v) is 4.90.